The summed E-state index contributed by atoms with van der Waals surface area (Å²) in [6.45, 7) is 2.37. The number of aryl methyl sites for hydroxylation is 1. The first kappa shape index (κ1) is 23.1. The van der Waals surface area contributed by atoms with Crippen LogP contribution in [-0.4, -0.2) is 37.5 Å². The first-order valence-electron chi connectivity index (χ1n) is 11.3. The predicted octanol–water partition coefficient (Wildman–Crippen LogP) is 4.60. The molecule has 0 aliphatic carbocycles. The van der Waals surface area contributed by atoms with Crippen LogP contribution in [0.4, 0.5) is 5.69 Å². The minimum absolute atomic E-state index is 0.00566. The molecule has 1 saturated heterocycles. The fourth-order valence-electron chi connectivity index (χ4n) is 4.29. The highest BCUT2D eigenvalue weighted by Gasteiger charge is 2.33. The lowest BCUT2D eigenvalue weighted by Gasteiger charge is -2.30. The molecule has 35 heavy (non-hydrogen) atoms. The third-order valence-corrected chi connectivity index (χ3v) is 8.19. The molecule has 0 saturated carbocycles. The Hall–Kier alpha value is -3.69. The van der Waals surface area contributed by atoms with Crippen molar-refractivity contribution in [3.63, 3.8) is 0 Å². The molecule has 2 aromatic carbocycles. The molecular weight excluding hydrogens is 468 g/mol. The minimum atomic E-state index is -3.62. The Balaban J connectivity index is 1.33. The summed E-state index contributed by atoms with van der Waals surface area (Å²) in [5, 5.41) is 3.48. The Morgan fingerprint density at radius 1 is 0.971 bits per heavy atom. The second-order valence-electron chi connectivity index (χ2n) is 8.59. The maximum Gasteiger partial charge on any atom is 0.265 e. The van der Waals surface area contributed by atoms with Gasteiger partial charge in [-0.15, -0.1) is 0 Å². The van der Waals surface area contributed by atoms with Crippen molar-refractivity contribution in [2.45, 2.75) is 24.7 Å². The molecule has 4 aromatic rings. The van der Waals surface area contributed by atoms with Gasteiger partial charge in [-0.2, -0.15) is 4.31 Å². The Morgan fingerprint density at radius 2 is 1.69 bits per heavy atom. The first-order chi connectivity index (χ1) is 16.8. The van der Waals surface area contributed by atoms with Crippen molar-refractivity contribution in [1.82, 2.24) is 4.31 Å². The van der Waals surface area contributed by atoms with Crippen molar-refractivity contribution >= 4 is 38.4 Å². The molecule has 0 bridgehead atoms. The summed E-state index contributed by atoms with van der Waals surface area (Å²) in [5.41, 5.74) is 1.74. The van der Waals surface area contributed by atoms with E-state index in [0.29, 0.717) is 29.5 Å². The Kier molecular flexibility index (Phi) is 6.04. The van der Waals surface area contributed by atoms with Gasteiger partial charge in [-0.25, -0.2) is 8.42 Å². The predicted molar refractivity (Wildman–Crippen MR) is 130 cm³/mol. The number of sulfonamides is 1. The zero-order chi connectivity index (χ0) is 24.6. The van der Waals surface area contributed by atoms with E-state index in [1.165, 1.54) is 16.6 Å². The second kappa shape index (κ2) is 9.16. The molecule has 1 fully saturated rings. The average Bonchev–Trinajstić information content (AvgIpc) is 3.53. The van der Waals surface area contributed by atoms with Crippen LogP contribution >= 0.6 is 0 Å². The number of hydrogen-bond donors (Lipinski definition) is 1. The number of furan rings is 2. The summed E-state index contributed by atoms with van der Waals surface area (Å²) in [4.78, 5) is 26.4. The standard InChI is InChI=1S/C26H24N2O6S/c1-17-8-10-19(11-9-17)35(31,32)28-14-12-18(13-15-28)26(30)27-23-20-5-2-3-6-21(20)34-25(23)24(29)22-7-4-16-33-22/h2-11,16,18H,12-15H2,1H3,(H,27,30). The monoisotopic (exact) mass is 492 g/mol. The summed E-state index contributed by atoms with van der Waals surface area (Å²) in [7, 11) is -3.62. The molecule has 1 N–H and O–H groups in total. The van der Waals surface area contributed by atoms with Crippen LogP contribution in [-0.2, 0) is 14.8 Å². The Bertz CT molecular complexity index is 1480. The van der Waals surface area contributed by atoms with Gasteiger partial charge in [0.15, 0.2) is 5.76 Å². The summed E-state index contributed by atoms with van der Waals surface area (Å²) in [5.74, 6) is -1.05. The molecule has 8 nitrogen and oxygen atoms in total. The number of piperidine rings is 1. The number of nitrogens with zero attached hydrogens (tertiary/aromatic N) is 1. The number of anilines is 1. The third kappa shape index (κ3) is 4.40. The van der Waals surface area contributed by atoms with Gasteiger partial charge in [0.1, 0.15) is 5.58 Å². The third-order valence-electron chi connectivity index (χ3n) is 6.28. The van der Waals surface area contributed by atoms with Crippen LogP contribution in [0.15, 0.2) is 80.7 Å². The summed E-state index contributed by atoms with van der Waals surface area (Å²) < 4.78 is 38.4. The zero-order valence-electron chi connectivity index (χ0n) is 19.1. The van der Waals surface area contributed by atoms with Gasteiger partial charge in [-0.05, 0) is 56.2 Å². The van der Waals surface area contributed by atoms with Gasteiger partial charge in [-0.1, -0.05) is 29.8 Å². The number of nitrogens with one attached hydrogen (secondary N) is 1. The highest BCUT2D eigenvalue weighted by Crippen LogP contribution is 2.34. The van der Waals surface area contributed by atoms with Crippen molar-refractivity contribution in [3.05, 3.63) is 84.0 Å². The molecule has 1 amide bonds. The van der Waals surface area contributed by atoms with Gasteiger partial charge < -0.3 is 14.2 Å². The molecular formula is C26H24N2O6S. The number of hydrogen-bond acceptors (Lipinski definition) is 6. The molecule has 0 unspecified atom stereocenters. The van der Waals surface area contributed by atoms with E-state index in [9.17, 15) is 18.0 Å². The fraction of sp³-hybridized carbons (Fsp3) is 0.231. The maximum atomic E-state index is 13.2. The van der Waals surface area contributed by atoms with Crippen LogP contribution in [0, 0.1) is 12.8 Å². The van der Waals surface area contributed by atoms with E-state index < -0.39 is 21.7 Å². The quantitative estimate of drug-likeness (QED) is 0.394. The van der Waals surface area contributed by atoms with Crippen LogP contribution in [0.5, 0.6) is 0 Å². The molecule has 2 aromatic heterocycles. The lowest BCUT2D eigenvalue weighted by atomic mass is 9.97. The van der Waals surface area contributed by atoms with E-state index in [4.69, 9.17) is 8.83 Å². The number of carbonyl (C=O) groups excluding carboxylic acids is 2. The van der Waals surface area contributed by atoms with Crippen molar-refractivity contribution in [1.29, 1.82) is 0 Å². The number of amides is 1. The van der Waals surface area contributed by atoms with Crippen molar-refractivity contribution < 1.29 is 26.8 Å². The summed E-state index contributed by atoms with van der Waals surface area (Å²) >= 11 is 0. The zero-order valence-corrected chi connectivity index (χ0v) is 19.9. The highest BCUT2D eigenvalue weighted by atomic mass is 32.2. The first-order valence-corrected chi connectivity index (χ1v) is 12.8. The van der Waals surface area contributed by atoms with Crippen molar-refractivity contribution in [3.8, 4) is 0 Å². The van der Waals surface area contributed by atoms with Crippen LogP contribution < -0.4 is 5.32 Å². The molecule has 0 radical (unpaired) electrons. The fourth-order valence-corrected chi connectivity index (χ4v) is 5.76. The van der Waals surface area contributed by atoms with E-state index in [1.54, 1.807) is 54.6 Å². The van der Waals surface area contributed by atoms with Gasteiger partial charge in [0.25, 0.3) is 5.78 Å². The van der Waals surface area contributed by atoms with E-state index in [2.05, 4.69) is 5.32 Å². The van der Waals surface area contributed by atoms with Crippen LogP contribution in [0.25, 0.3) is 11.0 Å². The van der Waals surface area contributed by atoms with Crippen LogP contribution in [0.3, 0.4) is 0 Å². The summed E-state index contributed by atoms with van der Waals surface area (Å²) in [6.07, 6.45) is 2.13. The topological polar surface area (TPSA) is 110 Å². The lowest BCUT2D eigenvalue weighted by molar-refractivity contribution is -0.120. The molecule has 0 atom stereocenters. The van der Waals surface area contributed by atoms with Crippen LogP contribution in [0.2, 0.25) is 0 Å². The highest BCUT2D eigenvalue weighted by molar-refractivity contribution is 7.89. The molecule has 3 heterocycles. The van der Waals surface area contributed by atoms with Gasteiger partial charge in [0.2, 0.25) is 21.7 Å². The van der Waals surface area contributed by atoms with Gasteiger partial charge in [0, 0.05) is 24.4 Å². The maximum absolute atomic E-state index is 13.2. The molecule has 0 spiro atoms. The number of para-hydroxylation sites is 1. The number of rotatable bonds is 6. The van der Waals surface area contributed by atoms with Crippen molar-refractivity contribution in [2.24, 2.45) is 5.92 Å². The number of fused-ring (bicyclic) bond motifs is 1. The molecule has 1 aliphatic heterocycles. The van der Waals surface area contributed by atoms with Crippen LogP contribution in [0.1, 0.15) is 34.7 Å². The molecule has 5 rings (SSSR count). The normalized spacial score (nSPS) is 15.3. The van der Waals surface area contributed by atoms with Crippen molar-refractivity contribution in [2.75, 3.05) is 18.4 Å². The largest absolute Gasteiger partial charge is 0.461 e. The molecule has 9 heteroatoms. The Morgan fingerprint density at radius 3 is 2.37 bits per heavy atom. The number of benzene rings is 2. The average molecular weight is 493 g/mol. The van der Waals surface area contributed by atoms with E-state index >= 15 is 0 Å². The van der Waals surface area contributed by atoms with Gasteiger partial charge in [-0.3, -0.25) is 9.59 Å². The van der Waals surface area contributed by atoms with E-state index in [1.807, 2.05) is 6.92 Å². The molecule has 180 valence electrons. The summed E-state index contributed by atoms with van der Waals surface area (Å²) in [6, 6.07) is 16.9. The number of ketones is 1. The van der Waals surface area contributed by atoms with E-state index in [-0.39, 0.29) is 35.4 Å². The number of carbonyl (C=O) groups is 2. The second-order valence-corrected chi connectivity index (χ2v) is 10.5. The Labute approximate surface area is 202 Å². The SMILES string of the molecule is Cc1ccc(S(=O)(=O)N2CCC(C(=O)Nc3c(C(=O)c4ccco4)oc4ccccc34)CC2)cc1. The minimum Gasteiger partial charge on any atom is -0.461 e. The lowest BCUT2D eigenvalue weighted by Crippen LogP contribution is -2.41. The van der Waals surface area contributed by atoms with E-state index in [0.717, 1.165) is 5.56 Å². The molecule has 1 aliphatic rings. The van der Waals surface area contributed by atoms with Gasteiger partial charge in [0.05, 0.1) is 16.8 Å². The smallest absolute Gasteiger partial charge is 0.265 e. The van der Waals surface area contributed by atoms with Gasteiger partial charge >= 0.3 is 0 Å².